The number of H-pyrrole nitrogens is 1. The SMILES string of the molecule is O=c1c([N+](=O)[O-])c[nH]c2cc(OC(F)(F)F)ccc12. The van der Waals surface area contributed by atoms with Gasteiger partial charge in [0, 0.05) is 6.07 Å². The van der Waals surface area contributed by atoms with Gasteiger partial charge in [-0.2, -0.15) is 0 Å². The van der Waals surface area contributed by atoms with Gasteiger partial charge in [-0.05, 0) is 12.1 Å². The Labute approximate surface area is 102 Å². The molecule has 0 unspecified atom stereocenters. The summed E-state index contributed by atoms with van der Waals surface area (Å²) in [5.41, 5.74) is -1.55. The Morgan fingerprint density at radius 3 is 2.58 bits per heavy atom. The highest BCUT2D eigenvalue weighted by Crippen LogP contribution is 2.25. The molecule has 0 fully saturated rings. The topological polar surface area (TPSA) is 85.2 Å². The lowest BCUT2D eigenvalue weighted by molar-refractivity contribution is -0.386. The highest BCUT2D eigenvalue weighted by molar-refractivity contribution is 5.81. The number of fused-ring (bicyclic) bond motifs is 1. The molecule has 2 rings (SSSR count). The Kier molecular flexibility index (Phi) is 2.89. The van der Waals surface area contributed by atoms with Crippen LogP contribution < -0.4 is 10.2 Å². The van der Waals surface area contributed by atoms with E-state index in [1.165, 1.54) is 0 Å². The van der Waals surface area contributed by atoms with Gasteiger partial charge in [-0.1, -0.05) is 0 Å². The quantitative estimate of drug-likeness (QED) is 0.672. The second-order valence-electron chi connectivity index (χ2n) is 3.52. The van der Waals surface area contributed by atoms with Gasteiger partial charge in [-0.15, -0.1) is 13.2 Å². The van der Waals surface area contributed by atoms with E-state index in [2.05, 4.69) is 9.72 Å². The number of nitrogens with zero attached hydrogens (tertiary/aromatic N) is 1. The first-order valence-electron chi connectivity index (χ1n) is 4.83. The monoisotopic (exact) mass is 274 g/mol. The third-order valence-electron chi connectivity index (χ3n) is 2.26. The van der Waals surface area contributed by atoms with Crippen LogP contribution in [0.3, 0.4) is 0 Å². The van der Waals surface area contributed by atoms with Gasteiger partial charge in [0.05, 0.1) is 22.0 Å². The lowest BCUT2D eigenvalue weighted by Crippen LogP contribution is -2.17. The number of nitro groups is 1. The molecule has 1 aromatic heterocycles. The maximum atomic E-state index is 12.0. The van der Waals surface area contributed by atoms with Gasteiger partial charge >= 0.3 is 12.0 Å². The van der Waals surface area contributed by atoms with Crippen molar-refractivity contribution in [3.05, 3.63) is 44.7 Å². The summed E-state index contributed by atoms with van der Waals surface area (Å²) in [4.78, 5) is 23.7. The first kappa shape index (κ1) is 12.9. The van der Waals surface area contributed by atoms with Crippen LogP contribution in [0.1, 0.15) is 0 Å². The van der Waals surface area contributed by atoms with Crippen molar-refractivity contribution in [2.75, 3.05) is 0 Å². The summed E-state index contributed by atoms with van der Waals surface area (Å²) >= 11 is 0. The molecular formula is C10H5F3N2O4. The van der Waals surface area contributed by atoms with Crippen LogP contribution in [0.5, 0.6) is 5.75 Å². The number of alkyl halides is 3. The molecule has 0 aliphatic rings. The molecule has 1 N–H and O–H groups in total. The minimum absolute atomic E-state index is 0.0114. The van der Waals surface area contributed by atoms with Crippen molar-refractivity contribution >= 4 is 16.6 Å². The van der Waals surface area contributed by atoms with Crippen LogP contribution in [0.2, 0.25) is 0 Å². The van der Waals surface area contributed by atoms with E-state index < -0.39 is 28.2 Å². The molecule has 0 spiro atoms. The number of aromatic nitrogens is 1. The second-order valence-corrected chi connectivity index (χ2v) is 3.52. The van der Waals surface area contributed by atoms with Crippen molar-refractivity contribution < 1.29 is 22.8 Å². The predicted molar refractivity (Wildman–Crippen MR) is 57.9 cm³/mol. The molecule has 0 saturated heterocycles. The molecule has 0 aliphatic carbocycles. The van der Waals surface area contributed by atoms with Gasteiger partial charge < -0.3 is 9.72 Å². The van der Waals surface area contributed by atoms with E-state index >= 15 is 0 Å². The van der Waals surface area contributed by atoms with E-state index in [0.29, 0.717) is 0 Å². The van der Waals surface area contributed by atoms with Crippen LogP contribution in [-0.2, 0) is 0 Å². The van der Waals surface area contributed by atoms with E-state index in [0.717, 1.165) is 24.4 Å². The van der Waals surface area contributed by atoms with Crippen molar-refractivity contribution in [1.82, 2.24) is 4.98 Å². The van der Waals surface area contributed by atoms with Crippen LogP contribution >= 0.6 is 0 Å². The summed E-state index contributed by atoms with van der Waals surface area (Å²) in [6.45, 7) is 0. The van der Waals surface area contributed by atoms with Crippen molar-refractivity contribution in [3.63, 3.8) is 0 Å². The first-order valence-corrected chi connectivity index (χ1v) is 4.83. The number of pyridine rings is 1. The third-order valence-corrected chi connectivity index (χ3v) is 2.26. The predicted octanol–water partition coefficient (Wildman–Crippen LogP) is 2.33. The average molecular weight is 274 g/mol. The van der Waals surface area contributed by atoms with Crippen LogP contribution in [0.4, 0.5) is 18.9 Å². The van der Waals surface area contributed by atoms with E-state index in [4.69, 9.17) is 0 Å². The Morgan fingerprint density at radius 1 is 1.32 bits per heavy atom. The summed E-state index contributed by atoms with van der Waals surface area (Å²) < 4.78 is 39.7. The van der Waals surface area contributed by atoms with Crippen LogP contribution in [-0.4, -0.2) is 16.3 Å². The molecule has 9 heteroatoms. The summed E-state index contributed by atoms with van der Waals surface area (Å²) in [5, 5.41) is 10.4. The van der Waals surface area contributed by atoms with E-state index in [1.54, 1.807) is 0 Å². The molecule has 0 radical (unpaired) electrons. The fourth-order valence-electron chi connectivity index (χ4n) is 1.52. The minimum Gasteiger partial charge on any atom is -0.406 e. The fourth-order valence-corrected chi connectivity index (χ4v) is 1.52. The van der Waals surface area contributed by atoms with Crippen molar-refractivity contribution in [2.45, 2.75) is 6.36 Å². The number of benzene rings is 1. The maximum absolute atomic E-state index is 12.0. The highest BCUT2D eigenvalue weighted by atomic mass is 19.4. The molecule has 6 nitrogen and oxygen atoms in total. The average Bonchev–Trinajstić information content (AvgIpc) is 2.26. The number of nitrogens with one attached hydrogen (secondary N) is 1. The largest absolute Gasteiger partial charge is 0.573 e. The molecular weight excluding hydrogens is 269 g/mol. The molecule has 0 atom stereocenters. The van der Waals surface area contributed by atoms with Gasteiger partial charge in [0.25, 0.3) is 5.43 Å². The van der Waals surface area contributed by atoms with Gasteiger partial charge in [0.1, 0.15) is 5.75 Å². The number of halogens is 3. The number of hydrogen-bond acceptors (Lipinski definition) is 4. The summed E-state index contributed by atoms with van der Waals surface area (Å²) in [6.07, 6.45) is -4.03. The molecule has 0 bridgehead atoms. The third kappa shape index (κ3) is 2.64. The van der Waals surface area contributed by atoms with Gasteiger partial charge in [0.2, 0.25) is 0 Å². The molecule has 100 valence electrons. The highest BCUT2D eigenvalue weighted by Gasteiger charge is 2.31. The molecule has 2 aromatic rings. The zero-order valence-electron chi connectivity index (χ0n) is 9.02. The second kappa shape index (κ2) is 4.26. The van der Waals surface area contributed by atoms with Gasteiger partial charge in [-0.3, -0.25) is 14.9 Å². The van der Waals surface area contributed by atoms with Crippen molar-refractivity contribution in [3.8, 4) is 5.75 Å². The van der Waals surface area contributed by atoms with Crippen LogP contribution in [0, 0.1) is 10.1 Å². The van der Waals surface area contributed by atoms with E-state index in [1.807, 2.05) is 0 Å². The number of aromatic amines is 1. The summed E-state index contributed by atoms with van der Waals surface area (Å²) in [6, 6.07) is 2.88. The fraction of sp³-hybridized carbons (Fsp3) is 0.100. The number of ether oxygens (including phenoxy) is 1. The summed E-state index contributed by atoms with van der Waals surface area (Å²) in [7, 11) is 0. The zero-order valence-corrected chi connectivity index (χ0v) is 9.02. The lowest BCUT2D eigenvalue weighted by atomic mass is 10.2. The van der Waals surface area contributed by atoms with E-state index in [-0.39, 0.29) is 10.9 Å². The van der Waals surface area contributed by atoms with Crippen molar-refractivity contribution in [1.29, 1.82) is 0 Å². The lowest BCUT2D eigenvalue weighted by Gasteiger charge is -2.09. The Bertz CT molecular complexity index is 708. The molecule has 1 aromatic carbocycles. The normalized spacial score (nSPS) is 11.5. The molecule has 19 heavy (non-hydrogen) atoms. The minimum atomic E-state index is -4.85. The smallest absolute Gasteiger partial charge is 0.406 e. The van der Waals surface area contributed by atoms with Crippen LogP contribution in [0.25, 0.3) is 10.9 Å². The maximum Gasteiger partial charge on any atom is 0.573 e. The molecule has 0 amide bonds. The van der Waals surface area contributed by atoms with Gasteiger partial charge in [0.15, 0.2) is 0 Å². The summed E-state index contributed by atoms with van der Waals surface area (Å²) in [5.74, 6) is -0.524. The molecule has 1 heterocycles. The first-order chi connectivity index (χ1) is 8.78. The number of hydrogen-bond donors (Lipinski definition) is 1. The Morgan fingerprint density at radius 2 is 2.00 bits per heavy atom. The van der Waals surface area contributed by atoms with Crippen molar-refractivity contribution in [2.24, 2.45) is 0 Å². The van der Waals surface area contributed by atoms with E-state index in [9.17, 15) is 28.1 Å². The number of rotatable bonds is 2. The Hall–Kier alpha value is -2.58. The molecule has 0 saturated carbocycles. The zero-order chi connectivity index (χ0) is 14.2. The van der Waals surface area contributed by atoms with Crippen LogP contribution in [0.15, 0.2) is 29.2 Å². The standard InChI is InChI=1S/C10H5F3N2O4/c11-10(12,13)19-5-1-2-6-7(3-5)14-4-8(9(6)16)15(17)18/h1-4H,(H,14,16). The molecule has 0 aliphatic heterocycles. The van der Waals surface area contributed by atoms with Gasteiger partial charge in [-0.25, -0.2) is 0 Å². The Balaban J connectivity index is 2.55.